The van der Waals surface area contributed by atoms with E-state index >= 15 is 0 Å². The second kappa shape index (κ2) is 7.57. The summed E-state index contributed by atoms with van der Waals surface area (Å²) in [6, 6.07) is 16.6. The summed E-state index contributed by atoms with van der Waals surface area (Å²) in [6.45, 7) is 3.47. The Hall–Kier alpha value is -1.91. The van der Waals surface area contributed by atoms with Crippen molar-refractivity contribution in [2.24, 2.45) is 5.73 Å². The van der Waals surface area contributed by atoms with Crippen molar-refractivity contribution in [2.75, 3.05) is 13.2 Å². The van der Waals surface area contributed by atoms with Crippen LogP contribution in [0.4, 0.5) is 0 Å². The molecule has 0 saturated heterocycles. The van der Waals surface area contributed by atoms with Gasteiger partial charge in [-0.2, -0.15) is 0 Å². The third-order valence-corrected chi connectivity index (χ3v) is 5.02. The highest BCUT2D eigenvalue weighted by atomic mass is 32.1. The van der Waals surface area contributed by atoms with E-state index in [1.807, 2.05) is 18.2 Å². The van der Waals surface area contributed by atoms with Gasteiger partial charge in [0.25, 0.3) is 0 Å². The molecule has 2 N–H and O–H groups in total. The van der Waals surface area contributed by atoms with Crippen LogP contribution in [-0.4, -0.2) is 18.1 Å². The molecule has 1 unspecified atom stereocenters. The molecule has 2 aromatic carbocycles. The number of para-hydroxylation sites is 1. The fourth-order valence-corrected chi connectivity index (χ4v) is 3.64. The van der Waals surface area contributed by atoms with E-state index in [2.05, 4.69) is 37.3 Å². The summed E-state index contributed by atoms with van der Waals surface area (Å²) in [5.41, 5.74) is 8.34. The minimum atomic E-state index is 0.259. The van der Waals surface area contributed by atoms with Crippen LogP contribution < -0.4 is 10.5 Å². The molecule has 23 heavy (non-hydrogen) atoms. The first kappa shape index (κ1) is 16.0. The second-order valence-corrected chi connectivity index (χ2v) is 6.71. The van der Waals surface area contributed by atoms with E-state index in [1.54, 1.807) is 11.3 Å². The second-order valence-electron chi connectivity index (χ2n) is 5.65. The molecule has 3 aromatic rings. The van der Waals surface area contributed by atoms with Crippen LogP contribution in [-0.2, 0) is 6.42 Å². The Morgan fingerprint density at radius 1 is 1.13 bits per heavy atom. The number of hydrogen-bond donors (Lipinski definition) is 1. The van der Waals surface area contributed by atoms with Gasteiger partial charge in [0.15, 0.2) is 0 Å². The summed E-state index contributed by atoms with van der Waals surface area (Å²) in [5, 5.41) is 1.13. The molecule has 0 aliphatic carbocycles. The van der Waals surface area contributed by atoms with E-state index in [4.69, 9.17) is 15.5 Å². The minimum Gasteiger partial charge on any atom is -0.494 e. The Morgan fingerprint density at radius 3 is 2.61 bits per heavy atom. The number of nitrogens with two attached hydrogens (primary N) is 1. The molecule has 0 aliphatic rings. The summed E-state index contributed by atoms with van der Waals surface area (Å²) in [4.78, 5) is 4.75. The lowest BCUT2D eigenvalue weighted by atomic mass is 10.00. The summed E-state index contributed by atoms with van der Waals surface area (Å²) in [6.07, 6.45) is 1.93. The van der Waals surface area contributed by atoms with Crippen molar-refractivity contribution in [1.82, 2.24) is 4.98 Å². The molecule has 1 heterocycles. The molecule has 0 saturated carbocycles. The topological polar surface area (TPSA) is 48.1 Å². The molecule has 0 bridgehead atoms. The van der Waals surface area contributed by atoms with Crippen molar-refractivity contribution in [3.8, 4) is 5.75 Å². The summed E-state index contributed by atoms with van der Waals surface area (Å²) >= 11 is 1.75. The van der Waals surface area contributed by atoms with Gasteiger partial charge in [0.2, 0.25) is 0 Å². The van der Waals surface area contributed by atoms with Gasteiger partial charge in [-0.05, 0) is 42.7 Å². The maximum absolute atomic E-state index is 6.01. The zero-order chi connectivity index (χ0) is 16.1. The van der Waals surface area contributed by atoms with Gasteiger partial charge in [0.05, 0.1) is 21.8 Å². The van der Waals surface area contributed by atoms with Crippen LogP contribution in [0, 0.1) is 0 Å². The van der Waals surface area contributed by atoms with Gasteiger partial charge in [-0.25, -0.2) is 4.98 Å². The zero-order valence-electron chi connectivity index (χ0n) is 13.4. The average Bonchev–Trinajstić information content (AvgIpc) is 3.02. The van der Waals surface area contributed by atoms with Crippen LogP contribution in [0.3, 0.4) is 0 Å². The largest absolute Gasteiger partial charge is 0.494 e. The Labute approximate surface area is 141 Å². The predicted octanol–water partition coefficient (Wildman–Crippen LogP) is 4.37. The first-order valence-electron chi connectivity index (χ1n) is 8.07. The lowest BCUT2D eigenvalue weighted by Gasteiger charge is -2.12. The van der Waals surface area contributed by atoms with Crippen LogP contribution in [0.1, 0.15) is 29.8 Å². The zero-order valence-corrected chi connectivity index (χ0v) is 14.2. The van der Waals surface area contributed by atoms with Gasteiger partial charge >= 0.3 is 0 Å². The van der Waals surface area contributed by atoms with Crippen LogP contribution in [0.15, 0.2) is 48.5 Å². The van der Waals surface area contributed by atoms with Crippen molar-refractivity contribution >= 4 is 21.6 Å². The quantitative estimate of drug-likeness (QED) is 0.701. The van der Waals surface area contributed by atoms with Gasteiger partial charge in [-0.1, -0.05) is 31.2 Å². The van der Waals surface area contributed by atoms with Crippen LogP contribution in [0.2, 0.25) is 0 Å². The average molecular weight is 326 g/mol. The van der Waals surface area contributed by atoms with E-state index in [0.29, 0.717) is 6.54 Å². The molecule has 0 radical (unpaired) electrons. The summed E-state index contributed by atoms with van der Waals surface area (Å²) in [7, 11) is 0. The number of benzene rings is 2. The van der Waals surface area contributed by atoms with Gasteiger partial charge in [0, 0.05) is 12.5 Å². The van der Waals surface area contributed by atoms with Crippen molar-refractivity contribution in [2.45, 2.75) is 25.7 Å². The maximum Gasteiger partial charge on any atom is 0.119 e. The van der Waals surface area contributed by atoms with Crippen LogP contribution in [0.5, 0.6) is 5.75 Å². The van der Waals surface area contributed by atoms with Gasteiger partial charge in [-0.3, -0.25) is 0 Å². The summed E-state index contributed by atoms with van der Waals surface area (Å²) < 4.78 is 6.86. The van der Waals surface area contributed by atoms with Gasteiger partial charge in [0.1, 0.15) is 5.75 Å². The number of aromatic nitrogens is 1. The molecule has 0 aliphatic heterocycles. The molecule has 0 fully saturated rings. The lowest BCUT2D eigenvalue weighted by molar-refractivity contribution is 0.317. The van der Waals surface area contributed by atoms with E-state index in [9.17, 15) is 0 Å². The number of ether oxygens (including phenoxy) is 1. The van der Waals surface area contributed by atoms with E-state index < -0.39 is 0 Å². The number of nitrogens with zero attached hydrogens (tertiary/aromatic N) is 1. The normalized spacial score (nSPS) is 12.4. The predicted molar refractivity (Wildman–Crippen MR) is 97.3 cm³/mol. The van der Waals surface area contributed by atoms with Crippen molar-refractivity contribution in [3.05, 3.63) is 59.1 Å². The minimum absolute atomic E-state index is 0.259. The van der Waals surface area contributed by atoms with Crippen molar-refractivity contribution < 1.29 is 4.74 Å². The summed E-state index contributed by atoms with van der Waals surface area (Å²) in [5.74, 6) is 1.19. The van der Waals surface area contributed by atoms with E-state index in [1.165, 1.54) is 10.3 Å². The highest BCUT2D eigenvalue weighted by molar-refractivity contribution is 7.18. The standard InChI is InChI=1S/C19H22N2OS/c1-2-11-22-16-9-7-14(8-10-16)12-15(13-20)19-21-17-5-3-4-6-18(17)23-19/h3-10,15H,2,11-13,20H2,1H3. The van der Waals surface area contributed by atoms with E-state index in [0.717, 1.165) is 35.7 Å². The Kier molecular flexibility index (Phi) is 5.26. The fraction of sp³-hybridized carbons (Fsp3) is 0.316. The molecule has 3 nitrogen and oxygen atoms in total. The van der Waals surface area contributed by atoms with Crippen LogP contribution in [0.25, 0.3) is 10.2 Å². The molecule has 120 valence electrons. The van der Waals surface area contributed by atoms with Gasteiger partial charge in [-0.15, -0.1) is 11.3 Å². The maximum atomic E-state index is 6.01. The van der Waals surface area contributed by atoms with Gasteiger partial charge < -0.3 is 10.5 Å². The Morgan fingerprint density at radius 2 is 1.91 bits per heavy atom. The molecule has 1 atom stereocenters. The number of hydrogen-bond acceptors (Lipinski definition) is 4. The van der Waals surface area contributed by atoms with Crippen LogP contribution >= 0.6 is 11.3 Å². The SMILES string of the molecule is CCCOc1ccc(CC(CN)c2nc3ccccc3s2)cc1. The van der Waals surface area contributed by atoms with E-state index in [-0.39, 0.29) is 5.92 Å². The third kappa shape index (κ3) is 3.89. The smallest absolute Gasteiger partial charge is 0.119 e. The molecule has 0 spiro atoms. The highest BCUT2D eigenvalue weighted by Crippen LogP contribution is 2.29. The lowest BCUT2D eigenvalue weighted by Crippen LogP contribution is -2.14. The Balaban J connectivity index is 1.73. The molecular weight excluding hydrogens is 304 g/mol. The number of rotatable bonds is 7. The molecule has 3 rings (SSSR count). The number of thiazole rings is 1. The fourth-order valence-electron chi connectivity index (χ4n) is 2.56. The molecule has 1 aromatic heterocycles. The molecular formula is C19H22N2OS. The van der Waals surface area contributed by atoms with Crippen molar-refractivity contribution in [3.63, 3.8) is 0 Å². The third-order valence-electron chi connectivity index (χ3n) is 3.82. The highest BCUT2D eigenvalue weighted by Gasteiger charge is 2.15. The molecule has 0 amide bonds. The van der Waals surface area contributed by atoms with Crippen molar-refractivity contribution in [1.29, 1.82) is 0 Å². The first-order valence-corrected chi connectivity index (χ1v) is 8.89. The first-order chi connectivity index (χ1) is 11.3. The Bertz CT molecular complexity index is 718. The monoisotopic (exact) mass is 326 g/mol. The number of fused-ring (bicyclic) bond motifs is 1. The molecule has 4 heteroatoms.